The number of nitrogens with one attached hydrogen (secondary N) is 2. The van der Waals surface area contributed by atoms with Gasteiger partial charge in [0.1, 0.15) is 12.1 Å². The molecule has 6 N–H and O–H groups in total. The van der Waals surface area contributed by atoms with Crippen LogP contribution in [0.1, 0.15) is 31.4 Å². The van der Waals surface area contributed by atoms with Gasteiger partial charge in [0.25, 0.3) is 0 Å². The van der Waals surface area contributed by atoms with Gasteiger partial charge in [-0.05, 0) is 29.9 Å². The van der Waals surface area contributed by atoms with E-state index in [0.717, 1.165) is 11.1 Å². The SMILES string of the molecule is CC(C)C[C@H](NC(=O)[C@@H](N)Cc1ccccc1)C(=O)N[C@@H](Cc1ccccc1)C(N)=O. The topological polar surface area (TPSA) is 127 Å². The first-order valence-corrected chi connectivity index (χ1v) is 10.5. The van der Waals surface area contributed by atoms with Gasteiger partial charge >= 0.3 is 0 Å². The van der Waals surface area contributed by atoms with E-state index in [-0.39, 0.29) is 12.3 Å². The highest BCUT2D eigenvalue weighted by atomic mass is 16.2. The van der Waals surface area contributed by atoms with Crippen LogP contribution in [0, 0.1) is 5.92 Å². The highest BCUT2D eigenvalue weighted by molar-refractivity contribution is 5.92. The van der Waals surface area contributed by atoms with Crippen LogP contribution in [0.5, 0.6) is 0 Å². The highest BCUT2D eigenvalue weighted by Gasteiger charge is 2.28. The number of carbonyl (C=O) groups excluding carboxylic acids is 3. The van der Waals surface area contributed by atoms with Crippen molar-refractivity contribution in [3.8, 4) is 0 Å². The quantitative estimate of drug-likeness (QED) is 0.433. The maximum absolute atomic E-state index is 12.9. The summed E-state index contributed by atoms with van der Waals surface area (Å²) in [5.41, 5.74) is 13.4. The van der Waals surface area contributed by atoms with Crippen LogP contribution in [-0.4, -0.2) is 35.8 Å². The maximum atomic E-state index is 12.9. The van der Waals surface area contributed by atoms with Crippen molar-refractivity contribution in [3.63, 3.8) is 0 Å². The number of amides is 3. The fourth-order valence-electron chi connectivity index (χ4n) is 3.29. The first-order valence-electron chi connectivity index (χ1n) is 10.5. The van der Waals surface area contributed by atoms with E-state index in [1.165, 1.54) is 0 Å². The van der Waals surface area contributed by atoms with Crippen LogP contribution in [0.2, 0.25) is 0 Å². The molecule has 7 heteroatoms. The minimum absolute atomic E-state index is 0.141. The van der Waals surface area contributed by atoms with Crippen LogP contribution in [0.4, 0.5) is 0 Å². The van der Waals surface area contributed by atoms with Crippen molar-refractivity contribution < 1.29 is 14.4 Å². The standard InChI is InChI=1S/C24H32N4O3/c1-16(2)13-21(28-23(30)19(25)14-17-9-5-3-6-10-17)24(31)27-20(22(26)29)15-18-11-7-4-8-12-18/h3-12,16,19-21H,13-15,25H2,1-2H3,(H2,26,29)(H,27,31)(H,28,30)/t19-,20-,21-/m0/s1. The van der Waals surface area contributed by atoms with Crippen LogP contribution in [0.3, 0.4) is 0 Å². The monoisotopic (exact) mass is 424 g/mol. The van der Waals surface area contributed by atoms with Gasteiger partial charge in [-0.2, -0.15) is 0 Å². The molecule has 31 heavy (non-hydrogen) atoms. The zero-order valence-electron chi connectivity index (χ0n) is 18.1. The molecule has 0 aliphatic rings. The zero-order chi connectivity index (χ0) is 22.8. The Bertz CT molecular complexity index is 856. The van der Waals surface area contributed by atoms with E-state index in [0.29, 0.717) is 12.8 Å². The maximum Gasteiger partial charge on any atom is 0.243 e. The molecule has 0 saturated carbocycles. The molecular formula is C24H32N4O3. The van der Waals surface area contributed by atoms with Crippen molar-refractivity contribution in [2.45, 2.75) is 51.2 Å². The molecule has 0 aromatic heterocycles. The molecule has 0 fully saturated rings. The third-order valence-corrected chi connectivity index (χ3v) is 4.92. The van der Waals surface area contributed by atoms with E-state index in [1.54, 1.807) is 0 Å². The Morgan fingerprint density at radius 1 is 0.774 bits per heavy atom. The van der Waals surface area contributed by atoms with Crippen LogP contribution >= 0.6 is 0 Å². The van der Waals surface area contributed by atoms with E-state index >= 15 is 0 Å². The highest BCUT2D eigenvalue weighted by Crippen LogP contribution is 2.09. The summed E-state index contributed by atoms with van der Waals surface area (Å²) < 4.78 is 0. The molecule has 0 radical (unpaired) electrons. The molecule has 0 spiro atoms. The Kier molecular flexibility index (Phi) is 9.21. The smallest absolute Gasteiger partial charge is 0.243 e. The molecule has 0 aliphatic heterocycles. The molecule has 3 atom stereocenters. The first-order chi connectivity index (χ1) is 14.8. The van der Waals surface area contributed by atoms with Gasteiger partial charge in [-0.25, -0.2) is 0 Å². The van der Waals surface area contributed by atoms with Crippen LogP contribution in [-0.2, 0) is 27.2 Å². The van der Waals surface area contributed by atoms with Crippen molar-refractivity contribution in [2.75, 3.05) is 0 Å². The molecule has 0 unspecified atom stereocenters. The summed E-state index contributed by atoms with van der Waals surface area (Å²) in [6, 6.07) is 16.3. The van der Waals surface area contributed by atoms with E-state index in [4.69, 9.17) is 11.5 Å². The lowest BCUT2D eigenvalue weighted by molar-refractivity contribution is -0.132. The van der Waals surface area contributed by atoms with Crippen LogP contribution in [0.25, 0.3) is 0 Å². The summed E-state index contributed by atoms with van der Waals surface area (Å²) in [5, 5.41) is 5.44. The Morgan fingerprint density at radius 2 is 1.26 bits per heavy atom. The van der Waals surface area contributed by atoms with Crippen molar-refractivity contribution in [1.29, 1.82) is 0 Å². The Labute approximate surface area is 183 Å². The van der Waals surface area contributed by atoms with E-state index in [9.17, 15) is 14.4 Å². The number of benzene rings is 2. The lowest BCUT2D eigenvalue weighted by atomic mass is 10.00. The fraction of sp³-hybridized carbons (Fsp3) is 0.375. The summed E-state index contributed by atoms with van der Waals surface area (Å²) >= 11 is 0. The molecule has 0 saturated heterocycles. The van der Waals surface area contributed by atoms with E-state index in [2.05, 4.69) is 10.6 Å². The Hall–Kier alpha value is -3.19. The van der Waals surface area contributed by atoms with Gasteiger partial charge in [-0.1, -0.05) is 74.5 Å². The van der Waals surface area contributed by atoms with Crippen molar-refractivity contribution >= 4 is 17.7 Å². The largest absolute Gasteiger partial charge is 0.368 e. The summed E-state index contributed by atoms with van der Waals surface area (Å²) in [5.74, 6) is -1.35. The zero-order valence-corrected chi connectivity index (χ0v) is 18.1. The van der Waals surface area contributed by atoms with Crippen LogP contribution in [0.15, 0.2) is 60.7 Å². The number of primary amides is 1. The van der Waals surface area contributed by atoms with Gasteiger partial charge in [-0.15, -0.1) is 0 Å². The van der Waals surface area contributed by atoms with Gasteiger partial charge in [0.2, 0.25) is 17.7 Å². The molecule has 3 amide bonds. The average molecular weight is 425 g/mol. The molecule has 7 nitrogen and oxygen atoms in total. The Morgan fingerprint density at radius 3 is 1.74 bits per heavy atom. The molecule has 2 aromatic carbocycles. The van der Waals surface area contributed by atoms with Gasteiger partial charge in [-0.3, -0.25) is 14.4 Å². The van der Waals surface area contributed by atoms with Gasteiger partial charge in [0.15, 0.2) is 0 Å². The van der Waals surface area contributed by atoms with Gasteiger partial charge < -0.3 is 22.1 Å². The number of nitrogens with two attached hydrogens (primary N) is 2. The minimum atomic E-state index is -0.876. The first kappa shape index (κ1) is 24.1. The lowest BCUT2D eigenvalue weighted by Gasteiger charge is -2.24. The van der Waals surface area contributed by atoms with Crippen molar-refractivity contribution in [1.82, 2.24) is 10.6 Å². The second-order valence-electron chi connectivity index (χ2n) is 8.14. The number of carbonyl (C=O) groups is 3. The minimum Gasteiger partial charge on any atom is -0.368 e. The molecule has 0 aliphatic carbocycles. The van der Waals surface area contributed by atoms with Crippen molar-refractivity contribution in [3.05, 3.63) is 71.8 Å². The molecule has 0 bridgehead atoms. The number of rotatable bonds is 11. The second-order valence-corrected chi connectivity index (χ2v) is 8.14. The normalized spacial score (nSPS) is 13.8. The second kappa shape index (κ2) is 11.9. The lowest BCUT2D eigenvalue weighted by Crippen LogP contribution is -2.56. The predicted octanol–water partition coefficient (Wildman–Crippen LogP) is 1.30. The summed E-state index contributed by atoms with van der Waals surface area (Å²) in [6.07, 6.45) is 1.05. The number of hydrogen-bond donors (Lipinski definition) is 4. The third-order valence-electron chi connectivity index (χ3n) is 4.92. The van der Waals surface area contributed by atoms with Gasteiger partial charge in [0.05, 0.1) is 6.04 Å². The number of hydrogen-bond acceptors (Lipinski definition) is 4. The molecule has 2 rings (SSSR count). The fourth-order valence-corrected chi connectivity index (χ4v) is 3.29. The average Bonchev–Trinajstić information content (AvgIpc) is 2.73. The summed E-state index contributed by atoms with van der Waals surface area (Å²) in [7, 11) is 0. The Balaban J connectivity index is 2.04. The summed E-state index contributed by atoms with van der Waals surface area (Å²) in [4.78, 5) is 37.5. The molecule has 166 valence electrons. The molecule has 2 aromatic rings. The summed E-state index contributed by atoms with van der Waals surface area (Å²) in [6.45, 7) is 3.90. The van der Waals surface area contributed by atoms with Crippen LogP contribution < -0.4 is 22.1 Å². The van der Waals surface area contributed by atoms with E-state index < -0.39 is 35.8 Å². The van der Waals surface area contributed by atoms with Gasteiger partial charge in [0, 0.05) is 6.42 Å². The molecular weight excluding hydrogens is 392 g/mol. The predicted molar refractivity (Wildman–Crippen MR) is 121 cm³/mol. The van der Waals surface area contributed by atoms with E-state index in [1.807, 2.05) is 74.5 Å². The molecule has 0 heterocycles. The van der Waals surface area contributed by atoms with Crippen molar-refractivity contribution in [2.24, 2.45) is 17.4 Å². The third kappa shape index (κ3) is 8.22.